The van der Waals surface area contributed by atoms with Gasteiger partial charge in [-0.15, -0.1) is 0 Å². The highest BCUT2D eigenvalue weighted by atomic mass is 35.5. The number of halogens is 2. The number of amides is 2. The van der Waals surface area contributed by atoms with Gasteiger partial charge in [0.15, 0.2) is 0 Å². The molecule has 0 aliphatic heterocycles. The number of rotatable bonds is 7. The summed E-state index contributed by atoms with van der Waals surface area (Å²) in [5.74, 6) is -4.24. The fourth-order valence-corrected chi connectivity index (χ4v) is 2.46. The van der Waals surface area contributed by atoms with E-state index in [2.05, 4.69) is 15.1 Å². The average Bonchev–Trinajstić information content (AvgIpc) is 2.73. The Morgan fingerprint density at radius 2 is 1.33 bits per heavy atom. The van der Waals surface area contributed by atoms with Gasteiger partial charge in [0.05, 0.1) is 0 Å². The summed E-state index contributed by atoms with van der Waals surface area (Å²) >= 11 is 11.6. The summed E-state index contributed by atoms with van der Waals surface area (Å²) in [5.41, 5.74) is 9.00. The second-order valence-corrected chi connectivity index (χ2v) is 6.43. The van der Waals surface area contributed by atoms with Gasteiger partial charge in [-0.2, -0.15) is 0 Å². The molecule has 0 fully saturated rings. The molecular weight excluding hydrogens is 439 g/mol. The van der Waals surface area contributed by atoms with E-state index in [1.54, 1.807) is 6.07 Å². The minimum atomic E-state index is -1.49. The van der Waals surface area contributed by atoms with Crippen molar-refractivity contribution < 1.29 is 28.9 Å². The van der Waals surface area contributed by atoms with Gasteiger partial charge in [-0.25, -0.2) is 9.59 Å². The van der Waals surface area contributed by atoms with Crippen molar-refractivity contribution in [1.82, 2.24) is 22.0 Å². The Hall–Kier alpha value is -3.18. The Morgan fingerprint density at radius 3 is 1.90 bits per heavy atom. The van der Waals surface area contributed by atoms with Crippen LogP contribution in [0.25, 0.3) is 0 Å². The largest absolute Gasteiger partial charge is 0.439 e. The molecule has 2 aromatic rings. The van der Waals surface area contributed by atoms with Crippen molar-refractivity contribution in [3.05, 3.63) is 69.2 Å². The lowest BCUT2D eigenvalue weighted by atomic mass is 10.1. The maximum absolute atomic E-state index is 12.1. The summed E-state index contributed by atoms with van der Waals surface area (Å²) in [5, 5.41) is 0.913. The fraction of sp³-hybridized carbons (Fsp3) is 0.111. The van der Waals surface area contributed by atoms with Crippen molar-refractivity contribution in [3.8, 4) is 0 Å². The highest BCUT2D eigenvalue weighted by Crippen LogP contribution is 2.16. The lowest BCUT2D eigenvalue weighted by Gasteiger charge is -2.10. The van der Waals surface area contributed by atoms with Crippen LogP contribution in [0.3, 0.4) is 0 Å². The number of nitrogens with one attached hydrogen (secondary N) is 4. The highest BCUT2D eigenvalue weighted by Gasteiger charge is 2.20. The highest BCUT2D eigenvalue weighted by molar-refractivity contribution is 6.31. The van der Waals surface area contributed by atoms with E-state index in [-0.39, 0.29) is 5.56 Å². The van der Waals surface area contributed by atoms with Crippen molar-refractivity contribution >= 4 is 47.0 Å². The first-order valence-corrected chi connectivity index (χ1v) is 9.14. The first kappa shape index (κ1) is 23.1. The van der Waals surface area contributed by atoms with Crippen LogP contribution in [0.15, 0.2) is 42.5 Å². The Labute approximate surface area is 180 Å². The summed E-state index contributed by atoms with van der Waals surface area (Å²) in [6.45, 7) is 1.84. The van der Waals surface area contributed by atoms with Crippen LogP contribution in [0.1, 0.15) is 33.2 Å². The Balaban J connectivity index is 1.73. The van der Waals surface area contributed by atoms with Gasteiger partial charge < -0.3 is 9.68 Å². The third-order valence-corrected chi connectivity index (χ3v) is 4.07. The molecule has 0 bridgehead atoms. The molecule has 0 aromatic heterocycles. The SMILES string of the molecule is CCc1cc(Cl)ccc1C(=O)NNOC(=O)C(=O)ONNC(=O)c1ccc(Cl)cc1. The molecule has 0 saturated heterocycles. The molecule has 0 heterocycles. The normalized spacial score (nSPS) is 10.1. The molecule has 4 N–H and O–H groups in total. The van der Waals surface area contributed by atoms with E-state index in [0.717, 1.165) is 0 Å². The molecule has 0 aliphatic carbocycles. The Kier molecular flexibility index (Phi) is 8.56. The summed E-state index contributed by atoms with van der Waals surface area (Å²) in [6, 6.07) is 10.5. The zero-order valence-corrected chi connectivity index (χ0v) is 17.0. The molecule has 12 heteroatoms. The second kappa shape index (κ2) is 11.1. The molecule has 0 radical (unpaired) electrons. The summed E-state index contributed by atoms with van der Waals surface area (Å²) in [6.07, 6.45) is 0.544. The van der Waals surface area contributed by atoms with E-state index >= 15 is 0 Å². The number of hydrogen-bond donors (Lipinski definition) is 4. The van der Waals surface area contributed by atoms with Crippen LogP contribution in [0.4, 0.5) is 0 Å². The smallest absolute Gasteiger partial charge is 0.341 e. The van der Waals surface area contributed by atoms with Crippen LogP contribution in [-0.2, 0) is 25.7 Å². The van der Waals surface area contributed by atoms with Crippen LogP contribution in [0.5, 0.6) is 0 Å². The van der Waals surface area contributed by atoms with Crippen LogP contribution in [-0.4, -0.2) is 23.8 Å². The van der Waals surface area contributed by atoms with Crippen molar-refractivity contribution in [3.63, 3.8) is 0 Å². The van der Waals surface area contributed by atoms with Crippen LogP contribution in [0.2, 0.25) is 10.0 Å². The van der Waals surface area contributed by atoms with Crippen LogP contribution < -0.4 is 22.0 Å². The maximum atomic E-state index is 12.1. The molecule has 0 unspecified atom stereocenters. The molecular formula is C18H16Cl2N4O6. The molecule has 2 rings (SSSR count). The van der Waals surface area contributed by atoms with Gasteiger partial charge in [0.2, 0.25) is 0 Å². The molecule has 2 aromatic carbocycles. The predicted molar refractivity (Wildman–Crippen MR) is 106 cm³/mol. The third kappa shape index (κ3) is 6.71. The number of hydrogen-bond acceptors (Lipinski definition) is 8. The quantitative estimate of drug-likeness (QED) is 0.366. The van der Waals surface area contributed by atoms with Crippen LogP contribution >= 0.6 is 23.2 Å². The summed E-state index contributed by atoms with van der Waals surface area (Å²) < 4.78 is 0. The van der Waals surface area contributed by atoms with Gasteiger partial charge >= 0.3 is 11.9 Å². The molecule has 0 atom stereocenters. The van der Waals surface area contributed by atoms with Crippen molar-refractivity contribution in [2.45, 2.75) is 13.3 Å². The van der Waals surface area contributed by atoms with E-state index in [4.69, 9.17) is 23.2 Å². The summed E-state index contributed by atoms with van der Waals surface area (Å²) in [7, 11) is 0. The topological polar surface area (TPSA) is 135 Å². The van der Waals surface area contributed by atoms with Gasteiger partial charge in [0.25, 0.3) is 11.8 Å². The van der Waals surface area contributed by atoms with Crippen LogP contribution in [0, 0.1) is 0 Å². The van der Waals surface area contributed by atoms with Gasteiger partial charge in [-0.05, 0) is 54.4 Å². The fourth-order valence-electron chi connectivity index (χ4n) is 2.14. The second-order valence-electron chi connectivity index (χ2n) is 5.55. The lowest BCUT2D eigenvalue weighted by molar-refractivity contribution is -0.178. The molecule has 0 aliphatic rings. The van der Waals surface area contributed by atoms with Gasteiger partial charge in [-0.1, -0.05) is 41.3 Å². The number of aryl methyl sites for hydroxylation is 1. The zero-order valence-electron chi connectivity index (χ0n) is 15.5. The predicted octanol–water partition coefficient (Wildman–Crippen LogP) is 1.64. The third-order valence-electron chi connectivity index (χ3n) is 3.58. The molecule has 10 nitrogen and oxygen atoms in total. The standard InChI is InChI=1S/C18H16Cl2N4O6/c1-2-10-9-13(20)7-8-14(10)16(26)22-24-30-18(28)17(27)29-23-21-15(25)11-3-5-12(19)6-4-11/h3-9,23-24H,2H2,1H3,(H,21,25)(H,22,26). The molecule has 0 spiro atoms. The first-order valence-electron chi connectivity index (χ1n) is 8.38. The van der Waals surface area contributed by atoms with E-state index < -0.39 is 23.8 Å². The van der Waals surface area contributed by atoms with Crippen molar-refractivity contribution in [2.24, 2.45) is 0 Å². The monoisotopic (exact) mass is 454 g/mol. The number of hydrazine groups is 2. The van der Waals surface area contributed by atoms with Gasteiger partial charge in [0, 0.05) is 21.2 Å². The van der Waals surface area contributed by atoms with Crippen molar-refractivity contribution in [2.75, 3.05) is 0 Å². The van der Waals surface area contributed by atoms with Gasteiger partial charge in [0.1, 0.15) is 0 Å². The molecule has 158 valence electrons. The molecule has 0 saturated carbocycles. The van der Waals surface area contributed by atoms with E-state index in [0.29, 0.717) is 27.6 Å². The first-order chi connectivity index (χ1) is 14.3. The summed E-state index contributed by atoms with van der Waals surface area (Å²) in [4.78, 5) is 55.6. The maximum Gasteiger partial charge on any atom is 0.439 e. The number of carbonyl (C=O) groups is 4. The van der Waals surface area contributed by atoms with Gasteiger partial charge in [-0.3, -0.25) is 20.4 Å². The molecule has 2 amide bonds. The van der Waals surface area contributed by atoms with E-state index in [1.807, 2.05) is 23.5 Å². The zero-order chi connectivity index (χ0) is 22.1. The Morgan fingerprint density at radius 1 is 0.800 bits per heavy atom. The Bertz CT molecular complexity index is 952. The number of carbonyl (C=O) groups excluding carboxylic acids is 4. The average molecular weight is 455 g/mol. The van der Waals surface area contributed by atoms with E-state index in [9.17, 15) is 19.2 Å². The lowest BCUT2D eigenvalue weighted by Crippen LogP contribution is -2.44. The minimum Gasteiger partial charge on any atom is -0.341 e. The minimum absolute atomic E-state index is 0.226. The number of benzene rings is 2. The molecule has 30 heavy (non-hydrogen) atoms. The van der Waals surface area contributed by atoms with E-state index in [1.165, 1.54) is 36.4 Å². The van der Waals surface area contributed by atoms with Crippen molar-refractivity contribution in [1.29, 1.82) is 0 Å².